The quantitative estimate of drug-likeness (QED) is 0.693. The van der Waals surface area contributed by atoms with Crippen molar-refractivity contribution in [2.24, 2.45) is 0 Å². The molecule has 3 rings (SSSR count). The fourth-order valence-corrected chi connectivity index (χ4v) is 5.12. The summed E-state index contributed by atoms with van der Waals surface area (Å²) in [5, 5.41) is 6.08. The Balaban J connectivity index is 1.75. The lowest BCUT2D eigenvalue weighted by atomic mass is 9.96. The molecule has 0 aliphatic heterocycles. The zero-order valence-electron chi connectivity index (χ0n) is 12.2. The zero-order chi connectivity index (χ0) is 14.5. The van der Waals surface area contributed by atoms with Crippen LogP contribution in [-0.2, 0) is 0 Å². The maximum Gasteiger partial charge on any atom is 0.0931 e. The second kappa shape index (κ2) is 7.77. The summed E-state index contributed by atoms with van der Waals surface area (Å²) < 4.78 is 0.881. The highest BCUT2D eigenvalue weighted by Crippen LogP contribution is 2.34. The van der Waals surface area contributed by atoms with Crippen LogP contribution in [0.3, 0.4) is 0 Å². The van der Waals surface area contributed by atoms with Crippen molar-refractivity contribution in [1.29, 1.82) is 0 Å². The van der Waals surface area contributed by atoms with Crippen molar-refractivity contribution < 1.29 is 0 Å². The lowest BCUT2D eigenvalue weighted by molar-refractivity contribution is 0.373. The highest BCUT2D eigenvalue weighted by Gasteiger charge is 2.21. The van der Waals surface area contributed by atoms with Crippen LogP contribution in [0.1, 0.15) is 60.7 Å². The summed E-state index contributed by atoms with van der Waals surface area (Å²) in [6.45, 7) is 0. The van der Waals surface area contributed by atoms with Crippen molar-refractivity contribution in [1.82, 2.24) is 5.32 Å². The molecule has 2 aromatic rings. The monoisotopic (exact) mass is 339 g/mol. The molecule has 2 aromatic heterocycles. The first-order chi connectivity index (χ1) is 10.3. The van der Waals surface area contributed by atoms with Crippen molar-refractivity contribution in [3.8, 4) is 0 Å². The first-order valence-corrected chi connectivity index (χ1v) is 9.95. The van der Waals surface area contributed by atoms with Crippen molar-refractivity contribution in [2.75, 3.05) is 0 Å². The highest BCUT2D eigenvalue weighted by molar-refractivity contribution is 7.16. The first-order valence-electron chi connectivity index (χ1n) is 7.87. The van der Waals surface area contributed by atoms with Crippen molar-refractivity contribution in [3.05, 3.63) is 43.7 Å². The molecule has 1 nitrogen and oxygen atoms in total. The second-order valence-corrected chi connectivity index (χ2v) is 8.52. The second-order valence-electron chi connectivity index (χ2n) is 5.80. The van der Waals surface area contributed by atoms with Crippen LogP contribution < -0.4 is 5.32 Å². The molecule has 0 saturated heterocycles. The van der Waals surface area contributed by atoms with Gasteiger partial charge < -0.3 is 5.32 Å². The van der Waals surface area contributed by atoms with Crippen LogP contribution in [0.5, 0.6) is 0 Å². The zero-order valence-corrected chi connectivity index (χ0v) is 14.6. The number of halogens is 1. The van der Waals surface area contributed by atoms with E-state index in [4.69, 9.17) is 11.6 Å². The molecular weight excluding hydrogens is 318 g/mol. The summed E-state index contributed by atoms with van der Waals surface area (Å²) in [6, 6.07) is 9.51. The van der Waals surface area contributed by atoms with E-state index < -0.39 is 0 Å². The normalized spacial score (nSPS) is 19.1. The third-order valence-electron chi connectivity index (χ3n) is 4.21. The lowest BCUT2D eigenvalue weighted by Crippen LogP contribution is -2.33. The van der Waals surface area contributed by atoms with E-state index >= 15 is 0 Å². The molecule has 1 saturated carbocycles. The van der Waals surface area contributed by atoms with E-state index in [1.807, 2.05) is 17.4 Å². The van der Waals surface area contributed by atoms with Crippen LogP contribution in [0.15, 0.2) is 29.6 Å². The number of rotatable bonds is 4. The van der Waals surface area contributed by atoms with Crippen LogP contribution >= 0.6 is 34.3 Å². The third-order valence-corrected chi connectivity index (χ3v) is 6.45. The van der Waals surface area contributed by atoms with Gasteiger partial charge in [0.2, 0.25) is 0 Å². The molecule has 1 atom stereocenters. The molecule has 0 radical (unpaired) electrons. The molecular formula is C17H22ClNS2. The van der Waals surface area contributed by atoms with Crippen LogP contribution in [0.4, 0.5) is 0 Å². The fourth-order valence-electron chi connectivity index (χ4n) is 3.10. The Morgan fingerprint density at radius 3 is 2.38 bits per heavy atom. The topological polar surface area (TPSA) is 12.0 Å². The Kier molecular flexibility index (Phi) is 5.75. The maximum absolute atomic E-state index is 6.15. The predicted octanol–water partition coefficient (Wildman–Crippen LogP) is 6.25. The van der Waals surface area contributed by atoms with Crippen LogP contribution in [0.25, 0.3) is 0 Å². The summed E-state index contributed by atoms with van der Waals surface area (Å²) in [5.74, 6) is 0. The Hall–Kier alpha value is -0.350. The van der Waals surface area contributed by atoms with E-state index in [9.17, 15) is 0 Å². The molecule has 21 heavy (non-hydrogen) atoms. The van der Waals surface area contributed by atoms with Crippen LogP contribution in [-0.4, -0.2) is 6.04 Å². The fraction of sp³-hybridized carbons (Fsp3) is 0.529. The van der Waals surface area contributed by atoms with Gasteiger partial charge in [-0.2, -0.15) is 0 Å². The van der Waals surface area contributed by atoms with Gasteiger partial charge in [-0.25, -0.2) is 0 Å². The van der Waals surface area contributed by atoms with E-state index in [2.05, 4.69) is 28.9 Å². The molecule has 0 bridgehead atoms. The number of nitrogens with one attached hydrogen (secondary N) is 1. The Labute approximate surface area is 140 Å². The number of hydrogen-bond donors (Lipinski definition) is 1. The Bertz CT molecular complexity index is 527. The highest BCUT2D eigenvalue weighted by atomic mass is 35.5. The Morgan fingerprint density at radius 1 is 1.00 bits per heavy atom. The standard InChI is InChI=1S/C17H22ClNS2/c18-16-11-10-15(21-16)17(14-9-6-12-20-14)19-13-7-4-2-1-3-5-8-13/h6,9-13,17,19H,1-5,7-8H2. The molecule has 2 heterocycles. The summed E-state index contributed by atoms with van der Waals surface area (Å²) >= 11 is 9.69. The van der Waals surface area contributed by atoms with Crippen molar-refractivity contribution in [2.45, 2.75) is 57.0 Å². The molecule has 1 aliphatic rings. The van der Waals surface area contributed by atoms with E-state index in [-0.39, 0.29) is 0 Å². The van der Waals surface area contributed by atoms with Gasteiger partial charge in [0, 0.05) is 15.8 Å². The average molecular weight is 340 g/mol. The van der Waals surface area contributed by atoms with Gasteiger partial charge in [0.1, 0.15) is 0 Å². The minimum absolute atomic E-state index is 0.312. The lowest BCUT2D eigenvalue weighted by Gasteiger charge is -2.26. The first kappa shape index (κ1) is 15.5. The van der Waals surface area contributed by atoms with Gasteiger partial charge in [0.25, 0.3) is 0 Å². The van der Waals surface area contributed by atoms with Gasteiger partial charge in [0.15, 0.2) is 0 Å². The molecule has 0 spiro atoms. The van der Waals surface area contributed by atoms with Gasteiger partial charge in [-0.15, -0.1) is 22.7 Å². The largest absolute Gasteiger partial charge is 0.302 e. The van der Waals surface area contributed by atoms with Gasteiger partial charge in [-0.05, 0) is 36.4 Å². The van der Waals surface area contributed by atoms with Gasteiger partial charge in [-0.3, -0.25) is 0 Å². The van der Waals surface area contributed by atoms with E-state index in [1.165, 1.54) is 54.7 Å². The molecule has 1 N–H and O–H groups in total. The molecule has 1 unspecified atom stereocenters. The van der Waals surface area contributed by atoms with Gasteiger partial charge in [-0.1, -0.05) is 49.8 Å². The van der Waals surface area contributed by atoms with Gasteiger partial charge >= 0.3 is 0 Å². The SMILES string of the molecule is Clc1ccc(C(NC2CCCCCCC2)c2cccs2)s1. The summed E-state index contributed by atoms with van der Waals surface area (Å²) in [5.41, 5.74) is 0. The molecule has 1 fully saturated rings. The maximum atomic E-state index is 6.15. The summed E-state index contributed by atoms with van der Waals surface area (Å²) in [7, 11) is 0. The minimum Gasteiger partial charge on any atom is -0.302 e. The van der Waals surface area contributed by atoms with Crippen LogP contribution in [0, 0.1) is 0 Å². The van der Waals surface area contributed by atoms with Gasteiger partial charge in [0.05, 0.1) is 10.4 Å². The van der Waals surface area contributed by atoms with Crippen LogP contribution in [0.2, 0.25) is 4.34 Å². The van der Waals surface area contributed by atoms with E-state index in [1.54, 1.807) is 11.3 Å². The third kappa shape index (κ3) is 4.32. The van der Waals surface area contributed by atoms with Crippen molar-refractivity contribution >= 4 is 34.3 Å². The number of hydrogen-bond acceptors (Lipinski definition) is 3. The predicted molar refractivity (Wildman–Crippen MR) is 94.7 cm³/mol. The van der Waals surface area contributed by atoms with Crippen molar-refractivity contribution in [3.63, 3.8) is 0 Å². The summed E-state index contributed by atoms with van der Waals surface area (Å²) in [6.07, 6.45) is 9.54. The molecule has 1 aliphatic carbocycles. The summed E-state index contributed by atoms with van der Waals surface area (Å²) in [4.78, 5) is 2.74. The van der Waals surface area contributed by atoms with E-state index in [0.717, 1.165) is 4.34 Å². The molecule has 0 aromatic carbocycles. The smallest absolute Gasteiger partial charge is 0.0931 e. The number of thiophene rings is 2. The minimum atomic E-state index is 0.312. The molecule has 4 heteroatoms. The average Bonchev–Trinajstić information content (AvgIpc) is 3.09. The molecule has 114 valence electrons. The Morgan fingerprint density at radius 2 is 1.76 bits per heavy atom. The molecule has 0 amide bonds. The van der Waals surface area contributed by atoms with E-state index in [0.29, 0.717) is 12.1 Å².